The number of nitrogens with one attached hydrogen (secondary N) is 1. The molecule has 4 rings (SSSR count). The molecule has 1 amide bonds. The summed E-state index contributed by atoms with van der Waals surface area (Å²) in [5.41, 5.74) is 4.07. The van der Waals surface area contributed by atoms with Crippen molar-refractivity contribution in [3.63, 3.8) is 0 Å². The van der Waals surface area contributed by atoms with Gasteiger partial charge in [0.2, 0.25) is 5.91 Å². The van der Waals surface area contributed by atoms with Gasteiger partial charge in [0.15, 0.2) is 5.78 Å². The molecular weight excluding hydrogens is 476 g/mol. The monoisotopic (exact) mass is 516 g/mol. The Bertz CT molecular complexity index is 1130. The highest BCUT2D eigenvalue weighted by atomic mass is 16.2. The van der Waals surface area contributed by atoms with Crippen molar-refractivity contribution in [2.24, 2.45) is 0 Å². The number of ketones is 1. The Morgan fingerprint density at radius 3 is 2.34 bits per heavy atom. The molecule has 0 radical (unpaired) electrons. The number of aromatic nitrogens is 1. The Kier molecular flexibility index (Phi) is 9.67. The summed E-state index contributed by atoms with van der Waals surface area (Å²) >= 11 is 0. The summed E-state index contributed by atoms with van der Waals surface area (Å²) in [5.74, 6) is 0.898. The average Bonchev–Trinajstić information content (AvgIpc) is 2.93. The van der Waals surface area contributed by atoms with E-state index in [1.165, 1.54) is 11.8 Å². The van der Waals surface area contributed by atoms with Gasteiger partial charge in [-0.15, -0.1) is 0 Å². The maximum atomic E-state index is 12.4. The minimum absolute atomic E-state index is 0.00562. The molecule has 1 aromatic heterocycles. The Morgan fingerprint density at radius 1 is 0.974 bits per heavy atom. The van der Waals surface area contributed by atoms with Crippen LogP contribution in [0.25, 0.3) is 6.08 Å². The predicted molar refractivity (Wildman–Crippen MR) is 155 cm³/mol. The van der Waals surface area contributed by atoms with E-state index in [1.807, 2.05) is 30.0 Å². The van der Waals surface area contributed by atoms with Gasteiger partial charge in [0.1, 0.15) is 5.82 Å². The van der Waals surface area contributed by atoms with Crippen LogP contribution in [0.15, 0.2) is 55.1 Å². The van der Waals surface area contributed by atoms with Crippen LogP contribution in [0, 0.1) is 6.92 Å². The normalized spacial score (nSPS) is 17.1. The first-order valence-corrected chi connectivity index (χ1v) is 13.5. The van der Waals surface area contributed by atoms with Gasteiger partial charge in [-0.3, -0.25) is 14.5 Å². The molecule has 0 bridgehead atoms. The molecule has 3 heterocycles. The smallest absolute Gasteiger partial charge is 0.246 e. The second-order valence-electron chi connectivity index (χ2n) is 10.1. The van der Waals surface area contributed by atoms with Gasteiger partial charge in [-0.1, -0.05) is 6.58 Å². The maximum Gasteiger partial charge on any atom is 0.246 e. The average molecular weight is 517 g/mol. The fraction of sp³-hybridized carbons (Fsp3) is 0.433. The van der Waals surface area contributed by atoms with Crippen molar-refractivity contribution < 1.29 is 9.59 Å². The number of hydrogen-bond acceptors (Lipinski definition) is 7. The van der Waals surface area contributed by atoms with Gasteiger partial charge in [0, 0.05) is 75.8 Å². The molecule has 2 saturated heterocycles. The van der Waals surface area contributed by atoms with Crippen molar-refractivity contribution in [1.29, 1.82) is 0 Å². The molecule has 2 fully saturated rings. The number of nitrogens with zero attached hydrogens (tertiary/aromatic N) is 5. The zero-order valence-corrected chi connectivity index (χ0v) is 22.7. The number of anilines is 3. The van der Waals surface area contributed by atoms with Crippen LogP contribution in [-0.4, -0.2) is 97.3 Å². The molecule has 2 aromatic rings. The van der Waals surface area contributed by atoms with Gasteiger partial charge in [-0.25, -0.2) is 4.98 Å². The highest BCUT2D eigenvalue weighted by molar-refractivity contribution is 5.93. The number of rotatable bonds is 10. The highest BCUT2D eigenvalue weighted by Crippen LogP contribution is 2.22. The molecule has 8 heteroatoms. The first-order valence-electron chi connectivity index (χ1n) is 13.5. The summed E-state index contributed by atoms with van der Waals surface area (Å²) in [5, 5.41) is 3.39. The van der Waals surface area contributed by atoms with Crippen molar-refractivity contribution in [1.82, 2.24) is 19.7 Å². The molecule has 8 nitrogen and oxygen atoms in total. The minimum atomic E-state index is -0.00562. The maximum absolute atomic E-state index is 12.4. The van der Waals surface area contributed by atoms with Gasteiger partial charge in [-0.2, -0.15) is 0 Å². The molecule has 1 N–H and O–H groups in total. The van der Waals surface area contributed by atoms with Gasteiger partial charge >= 0.3 is 0 Å². The Hall–Kier alpha value is -3.49. The van der Waals surface area contributed by atoms with Crippen molar-refractivity contribution in [3.05, 3.63) is 66.4 Å². The zero-order valence-electron chi connectivity index (χ0n) is 22.7. The van der Waals surface area contributed by atoms with Gasteiger partial charge in [0.25, 0.3) is 0 Å². The Labute approximate surface area is 226 Å². The van der Waals surface area contributed by atoms with Crippen LogP contribution in [0.1, 0.15) is 24.1 Å². The third kappa shape index (κ3) is 7.76. The van der Waals surface area contributed by atoms with Crippen LogP contribution in [0.3, 0.4) is 0 Å². The summed E-state index contributed by atoms with van der Waals surface area (Å²) in [7, 11) is 2.17. The van der Waals surface area contributed by atoms with E-state index in [0.717, 1.165) is 88.1 Å². The van der Waals surface area contributed by atoms with Crippen molar-refractivity contribution in [2.75, 3.05) is 76.2 Å². The summed E-state index contributed by atoms with van der Waals surface area (Å²) in [6, 6.07) is 12.5. The fourth-order valence-electron chi connectivity index (χ4n) is 4.85. The van der Waals surface area contributed by atoms with E-state index < -0.39 is 0 Å². The number of amides is 1. The van der Waals surface area contributed by atoms with Crippen molar-refractivity contribution >= 4 is 35.0 Å². The topological polar surface area (TPSA) is 72.0 Å². The zero-order chi connectivity index (χ0) is 26.9. The molecule has 0 spiro atoms. The van der Waals surface area contributed by atoms with Gasteiger partial charge < -0.3 is 20.0 Å². The lowest BCUT2D eigenvalue weighted by molar-refractivity contribution is -0.127. The molecule has 2 aliphatic rings. The van der Waals surface area contributed by atoms with Crippen LogP contribution in [0.2, 0.25) is 0 Å². The number of carbonyl (C=O) groups is 2. The number of allylic oxidation sites excluding steroid dienone is 1. The molecule has 0 aliphatic carbocycles. The largest absolute Gasteiger partial charge is 0.369 e. The number of hydrogen-bond donors (Lipinski definition) is 1. The van der Waals surface area contributed by atoms with Gasteiger partial charge in [0.05, 0.1) is 0 Å². The van der Waals surface area contributed by atoms with E-state index in [2.05, 4.69) is 62.9 Å². The molecule has 1 aromatic carbocycles. The summed E-state index contributed by atoms with van der Waals surface area (Å²) in [6.07, 6.45) is 6.22. The van der Waals surface area contributed by atoms with Crippen molar-refractivity contribution in [3.8, 4) is 0 Å². The first kappa shape index (κ1) is 27.5. The standard InChI is InChI=1S/C30H40N6O2/c1-4-30(38)36-22-18-34(19-23-36)15-5-6-28(37)13-7-25-8-14-29(31-24(25)2)32-26-9-11-27(12-10-26)35-20-16-33(3)17-21-35/h4,7-14H,1,5-6,15-23H2,2-3H3,(H,31,32)/b13-7-. The predicted octanol–water partition coefficient (Wildman–Crippen LogP) is 3.58. The van der Waals surface area contributed by atoms with E-state index in [9.17, 15) is 9.59 Å². The van der Waals surface area contributed by atoms with Crippen LogP contribution < -0.4 is 10.2 Å². The lowest BCUT2D eigenvalue weighted by Crippen LogP contribution is -2.48. The van der Waals surface area contributed by atoms with Crippen LogP contribution in [0.4, 0.5) is 17.2 Å². The molecule has 38 heavy (non-hydrogen) atoms. The molecule has 0 saturated carbocycles. The minimum Gasteiger partial charge on any atom is -0.369 e. The third-order valence-electron chi connectivity index (χ3n) is 7.34. The van der Waals surface area contributed by atoms with Crippen LogP contribution in [0.5, 0.6) is 0 Å². The first-order chi connectivity index (χ1) is 18.4. The summed E-state index contributed by atoms with van der Waals surface area (Å²) in [4.78, 5) is 37.7. The van der Waals surface area contributed by atoms with E-state index in [4.69, 9.17) is 0 Å². The fourth-order valence-corrected chi connectivity index (χ4v) is 4.85. The Balaban J connectivity index is 1.21. The number of pyridine rings is 1. The number of likely N-dealkylation sites (N-methyl/N-ethyl adjacent to an activating group) is 1. The molecule has 0 unspecified atom stereocenters. The van der Waals surface area contributed by atoms with Crippen LogP contribution in [-0.2, 0) is 9.59 Å². The number of aryl methyl sites for hydroxylation is 1. The number of benzene rings is 1. The SMILES string of the molecule is C=CC(=O)N1CCN(CCCC(=O)/C=C\c2ccc(Nc3ccc(N4CCN(C)CC4)cc3)nc2C)CC1. The second-order valence-corrected chi connectivity index (χ2v) is 10.1. The highest BCUT2D eigenvalue weighted by Gasteiger charge is 2.19. The quantitative estimate of drug-likeness (QED) is 0.484. The lowest BCUT2D eigenvalue weighted by Gasteiger charge is -2.34. The van der Waals surface area contributed by atoms with Crippen molar-refractivity contribution in [2.45, 2.75) is 19.8 Å². The van der Waals surface area contributed by atoms with E-state index in [0.29, 0.717) is 6.42 Å². The molecular formula is C30H40N6O2. The molecule has 202 valence electrons. The van der Waals surface area contributed by atoms with Crippen LogP contribution >= 0.6 is 0 Å². The van der Waals surface area contributed by atoms with E-state index in [-0.39, 0.29) is 11.7 Å². The third-order valence-corrected chi connectivity index (χ3v) is 7.34. The number of carbonyl (C=O) groups excluding carboxylic acids is 2. The summed E-state index contributed by atoms with van der Waals surface area (Å²) < 4.78 is 0. The second kappa shape index (κ2) is 13.3. The van der Waals surface area contributed by atoms with E-state index in [1.54, 1.807) is 6.08 Å². The number of piperazine rings is 2. The molecule has 0 atom stereocenters. The molecule has 2 aliphatic heterocycles. The van der Waals surface area contributed by atoms with E-state index >= 15 is 0 Å². The summed E-state index contributed by atoms with van der Waals surface area (Å²) in [6.45, 7) is 13.8. The lowest BCUT2D eigenvalue weighted by atomic mass is 10.1. The van der Waals surface area contributed by atoms with Gasteiger partial charge in [-0.05, 0) is 87.1 Å². The Morgan fingerprint density at radius 2 is 1.68 bits per heavy atom.